The average Bonchev–Trinajstić information content (AvgIpc) is 2.57. The second kappa shape index (κ2) is 8.83. The van der Waals surface area contributed by atoms with Crippen molar-refractivity contribution in [2.75, 3.05) is 7.05 Å². The number of amides is 3. The number of nitrogens with zero attached hydrogens (tertiary/aromatic N) is 1. The fourth-order valence-electron chi connectivity index (χ4n) is 3.08. The molecule has 0 bridgehead atoms. The van der Waals surface area contributed by atoms with Gasteiger partial charge in [-0.05, 0) is 44.9 Å². The number of nitrogens with one attached hydrogen (secondary N) is 2. The first-order valence-corrected chi connectivity index (χ1v) is 8.83. The van der Waals surface area contributed by atoms with Crippen molar-refractivity contribution in [3.05, 3.63) is 35.4 Å². The van der Waals surface area contributed by atoms with Crippen LogP contribution in [0.3, 0.4) is 0 Å². The molecule has 0 aromatic heterocycles. The zero-order valence-corrected chi connectivity index (χ0v) is 15.0. The van der Waals surface area contributed by atoms with Crippen LogP contribution in [-0.2, 0) is 11.3 Å². The van der Waals surface area contributed by atoms with E-state index in [-0.39, 0.29) is 24.0 Å². The summed E-state index contributed by atoms with van der Waals surface area (Å²) in [7, 11) is 1.90. The van der Waals surface area contributed by atoms with Crippen molar-refractivity contribution in [1.82, 2.24) is 15.5 Å². The summed E-state index contributed by atoms with van der Waals surface area (Å²) in [4.78, 5) is 26.2. The maximum absolute atomic E-state index is 12.3. The first-order chi connectivity index (χ1) is 11.5. The molecule has 2 rings (SSSR count). The van der Waals surface area contributed by atoms with E-state index >= 15 is 0 Å². The topological polar surface area (TPSA) is 61.4 Å². The smallest absolute Gasteiger partial charge is 0.321 e. The predicted octanol–water partition coefficient (Wildman–Crippen LogP) is 2.97. The fourth-order valence-corrected chi connectivity index (χ4v) is 3.08. The molecule has 0 unspecified atom stereocenters. The third-order valence-electron chi connectivity index (χ3n) is 4.90. The molecule has 1 aliphatic carbocycles. The van der Waals surface area contributed by atoms with Gasteiger partial charge < -0.3 is 5.32 Å². The van der Waals surface area contributed by atoms with Gasteiger partial charge in [0.1, 0.15) is 0 Å². The van der Waals surface area contributed by atoms with Crippen molar-refractivity contribution in [1.29, 1.82) is 0 Å². The van der Waals surface area contributed by atoms with Gasteiger partial charge in [0, 0.05) is 12.6 Å². The van der Waals surface area contributed by atoms with E-state index in [0.717, 1.165) is 25.7 Å². The molecule has 1 aromatic carbocycles. The summed E-state index contributed by atoms with van der Waals surface area (Å²) in [5, 5.41) is 5.39. The highest BCUT2D eigenvalue weighted by atomic mass is 16.2. The lowest BCUT2D eigenvalue weighted by Gasteiger charge is -2.26. The van der Waals surface area contributed by atoms with E-state index in [1.54, 1.807) is 0 Å². The minimum absolute atomic E-state index is 0.201. The van der Waals surface area contributed by atoms with Gasteiger partial charge in [-0.25, -0.2) is 4.79 Å². The number of carbonyl (C=O) groups excluding carboxylic acids is 2. The van der Waals surface area contributed by atoms with E-state index in [1.807, 2.05) is 31.0 Å². The summed E-state index contributed by atoms with van der Waals surface area (Å²) in [6.45, 7) is 4.55. The molecule has 1 atom stereocenters. The number of urea groups is 1. The van der Waals surface area contributed by atoms with Crippen molar-refractivity contribution in [2.24, 2.45) is 0 Å². The minimum atomic E-state index is -0.373. The lowest BCUT2D eigenvalue weighted by atomic mass is 9.96. The molecule has 0 radical (unpaired) electrons. The molecule has 0 aliphatic heterocycles. The van der Waals surface area contributed by atoms with Crippen LogP contribution in [0.15, 0.2) is 24.3 Å². The molecule has 132 valence electrons. The molecular formula is C19H29N3O2. The second-order valence-corrected chi connectivity index (χ2v) is 6.82. The average molecular weight is 331 g/mol. The van der Waals surface area contributed by atoms with E-state index < -0.39 is 0 Å². The molecule has 2 N–H and O–H groups in total. The maximum Gasteiger partial charge on any atom is 0.321 e. The number of rotatable bonds is 5. The molecule has 1 aromatic rings. The van der Waals surface area contributed by atoms with Gasteiger partial charge in [0.15, 0.2) is 0 Å². The van der Waals surface area contributed by atoms with Gasteiger partial charge in [0.25, 0.3) is 0 Å². The molecule has 1 aliphatic rings. The number of carbonyl (C=O) groups is 2. The van der Waals surface area contributed by atoms with Gasteiger partial charge in [-0.2, -0.15) is 0 Å². The Morgan fingerprint density at radius 3 is 2.54 bits per heavy atom. The van der Waals surface area contributed by atoms with Gasteiger partial charge in [0.2, 0.25) is 5.91 Å². The Morgan fingerprint density at radius 1 is 1.21 bits per heavy atom. The second-order valence-electron chi connectivity index (χ2n) is 6.82. The Hall–Kier alpha value is -1.88. The number of likely N-dealkylation sites (N-methyl/N-ethyl adjacent to an activating group) is 1. The third kappa shape index (κ3) is 5.34. The number of imide groups is 1. The van der Waals surface area contributed by atoms with Crippen LogP contribution in [-0.4, -0.2) is 36.0 Å². The van der Waals surface area contributed by atoms with E-state index in [2.05, 4.69) is 29.7 Å². The van der Waals surface area contributed by atoms with Crippen LogP contribution in [0.1, 0.15) is 50.2 Å². The maximum atomic E-state index is 12.3. The Labute approximate surface area is 144 Å². The van der Waals surface area contributed by atoms with E-state index in [4.69, 9.17) is 0 Å². The highest BCUT2D eigenvalue weighted by molar-refractivity contribution is 5.96. The predicted molar refractivity (Wildman–Crippen MR) is 95.7 cm³/mol. The van der Waals surface area contributed by atoms with Gasteiger partial charge >= 0.3 is 6.03 Å². The summed E-state index contributed by atoms with van der Waals surface area (Å²) in [6.07, 6.45) is 5.54. The first kappa shape index (κ1) is 18.5. The summed E-state index contributed by atoms with van der Waals surface area (Å²) in [5.74, 6) is -0.264. The molecule has 3 amide bonds. The number of hydrogen-bond donors (Lipinski definition) is 2. The molecule has 0 saturated heterocycles. The van der Waals surface area contributed by atoms with Gasteiger partial charge in [-0.3, -0.25) is 15.0 Å². The molecule has 0 heterocycles. The molecular weight excluding hydrogens is 302 g/mol. The van der Waals surface area contributed by atoms with Crippen molar-refractivity contribution < 1.29 is 9.59 Å². The van der Waals surface area contributed by atoms with E-state index in [9.17, 15) is 9.59 Å². The Kier molecular flexibility index (Phi) is 6.79. The normalized spacial score (nSPS) is 16.7. The lowest BCUT2D eigenvalue weighted by molar-refractivity contribution is -0.124. The minimum Gasteiger partial charge on any atom is -0.335 e. The molecule has 24 heavy (non-hydrogen) atoms. The molecule has 0 spiro atoms. The number of aryl methyl sites for hydroxylation is 1. The first-order valence-electron chi connectivity index (χ1n) is 8.83. The van der Waals surface area contributed by atoms with Crippen molar-refractivity contribution in [2.45, 2.75) is 64.6 Å². The number of benzene rings is 1. The summed E-state index contributed by atoms with van der Waals surface area (Å²) in [6, 6.07) is 7.58. The van der Waals surface area contributed by atoms with Gasteiger partial charge in [-0.15, -0.1) is 0 Å². The van der Waals surface area contributed by atoms with Crippen LogP contribution in [0.25, 0.3) is 0 Å². The van der Waals surface area contributed by atoms with E-state index in [0.29, 0.717) is 6.54 Å². The zero-order valence-electron chi connectivity index (χ0n) is 15.0. The standard InChI is InChI=1S/C19H29N3O2/c1-14-9-7-8-10-16(14)13-22(3)15(2)18(23)21-19(24)20-17-11-5-4-6-12-17/h7-10,15,17H,4-6,11-13H2,1-3H3,(H2,20,21,23,24)/t15-/m0/s1. The third-order valence-corrected chi connectivity index (χ3v) is 4.90. The Bertz CT molecular complexity index is 567. The van der Waals surface area contributed by atoms with Crippen molar-refractivity contribution in [3.8, 4) is 0 Å². The Morgan fingerprint density at radius 2 is 1.88 bits per heavy atom. The van der Waals surface area contributed by atoms with Crippen LogP contribution < -0.4 is 10.6 Å². The lowest BCUT2D eigenvalue weighted by Crippen LogP contribution is -2.50. The van der Waals surface area contributed by atoms with Gasteiger partial charge in [-0.1, -0.05) is 43.5 Å². The quantitative estimate of drug-likeness (QED) is 0.872. The van der Waals surface area contributed by atoms with Crippen LogP contribution in [0.4, 0.5) is 4.79 Å². The van der Waals surface area contributed by atoms with Crippen LogP contribution >= 0.6 is 0 Å². The van der Waals surface area contributed by atoms with Gasteiger partial charge in [0.05, 0.1) is 6.04 Å². The summed E-state index contributed by atoms with van der Waals surface area (Å²) in [5.41, 5.74) is 2.39. The van der Waals surface area contributed by atoms with Crippen molar-refractivity contribution >= 4 is 11.9 Å². The largest absolute Gasteiger partial charge is 0.335 e. The van der Waals surface area contributed by atoms with E-state index in [1.165, 1.54) is 17.5 Å². The van der Waals surface area contributed by atoms with Crippen molar-refractivity contribution in [3.63, 3.8) is 0 Å². The Balaban J connectivity index is 1.82. The fraction of sp³-hybridized carbons (Fsp3) is 0.579. The molecule has 5 heteroatoms. The monoisotopic (exact) mass is 331 g/mol. The van der Waals surface area contributed by atoms with Crippen LogP contribution in [0.2, 0.25) is 0 Å². The van der Waals surface area contributed by atoms with Crippen LogP contribution in [0, 0.1) is 6.92 Å². The number of hydrogen-bond acceptors (Lipinski definition) is 3. The highest BCUT2D eigenvalue weighted by Gasteiger charge is 2.22. The molecule has 1 saturated carbocycles. The zero-order chi connectivity index (χ0) is 17.5. The molecule has 1 fully saturated rings. The van der Waals surface area contributed by atoms with Crippen LogP contribution in [0.5, 0.6) is 0 Å². The molecule has 5 nitrogen and oxygen atoms in total. The summed E-state index contributed by atoms with van der Waals surface area (Å²) >= 11 is 0. The highest BCUT2D eigenvalue weighted by Crippen LogP contribution is 2.17. The SMILES string of the molecule is Cc1ccccc1CN(C)[C@@H](C)C(=O)NC(=O)NC1CCCCC1. The summed E-state index contributed by atoms with van der Waals surface area (Å²) < 4.78 is 0.